The number of amides is 2. The van der Waals surface area contributed by atoms with E-state index in [0.29, 0.717) is 12.5 Å². The summed E-state index contributed by atoms with van der Waals surface area (Å²) in [5.41, 5.74) is -0.515. The van der Waals surface area contributed by atoms with Crippen LogP contribution in [0.1, 0.15) is 41.0 Å². The van der Waals surface area contributed by atoms with Gasteiger partial charge in [0.15, 0.2) is 0 Å². The number of urea groups is 1. The summed E-state index contributed by atoms with van der Waals surface area (Å²) in [4.78, 5) is 24.6. The van der Waals surface area contributed by atoms with Crippen LogP contribution in [-0.2, 0) is 4.79 Å². The summed E-state index contributed by atoms with van der Waals surface area (Å²) >= 11 is 0. The number of aliphatic carboxylic acids is 1. The Morgan fingerprint density at radius 2 is 1.83 bits per heavy atom. The normalized spacial score (nSPS) is 14.8. The van der Waals surface area contributed by atoms with Crippen LogP contribution in [0.4, 0.5) is 4.79 Å². The van der Waals surface area contributed by atoms with E-state index in [4.69, 9.17) is 5.11 Å². The number of hydrogen-bond donors (Lipinski definition) is 2. The average molecular weight is 258 g/mol. The van der Waals surface area contributed by atoms with E-state index in [-0.39, 0.29) is 6.03 Å². The third-order valence-electron chi connectivity index (χ3n) is 3.01. The third-order valence-corrected chi connectivity index (χ3v) is 3.01. The molecular formula is C13H26N2O3. The second-order valence-electron chi connectivity index (χ2n) is 5.98. The smallest absolute Gasteiger partial charge is 0.326 e. The molecule has 0 bridgehead atoms. The molecule has 2 N–H and O–H groups in total. The van der Waals surface area contributed by atoms with E-state index in [9.17, 15) is 9.59 Å². The summed E-state index contributed by atoms with van der Waals surface area (Å²) in [6.07, 6.45) is 0.985. The Morgan fingerprint density at radius 1 is 1.33 bits per heavy atom. The Kier molecular flexibility index (Phi) is 6.15. The van der Waals surface area contributed by atoms with Gasteiger partial charge in [0.2, 0.25) is 0 Å². The molecule has 0 radical (unpaired) electrons. The van der Waals surface area contributed by atoms with Crippen LogP contribution in [0.15, 0.2) is 0 Å². The van der Waals surface area contributed by atoms with Crippen molar-refractivity contribution in [3.8, 4) is 0 Å². The van der Waals surface area contributed by atoms with Gasteiger partial charge < -0.3 is 15.3 Å². The van der Waals surface area contributed by atoms with Crippen molar-refractivity contribution in [1.82, 2.24) is 10.2 Å². The van der Waals surface area contributed by atoms with Gasteiger partial charge in [-0.3, -0.25) is 0 Å². The first-order valence-corrected chi connectivity index (χ1v) is 6.34. The summed E-state index contributed by atoms with van der Waals surface area (Å²) in [5.74, 6) is -0.605. The van der Waals surface area contributed by atoms with Crippen molar-refractivity contribution >= 4 is 12.0 Å². The molecule has 5 heteroatoms. The van der Waals surface area contributed by atoms with Crippen LogP contribution in [0.3, 0.4) is 0 Å². The molecular weight excluding hydrogens is 232 g/mol. The summed E-state index contributed by atoms with van der Waals surface area (Å²) in [6.45, 7) is 10.1. The number of rotatable bonds is 5. The molecule has 106 valence electrons. The largest absolute Gasteiger partial charge is 0.480 e. The van der Waals surface area contributed by atoms with E-state index in [1.54, 1.807) is 27.8 Å². The number of nitrogens with one attached hydrogen (secondary N) is 1. The second-order valence-corrected chi connectivity index (χ2v) is 5.98. The molecule has 18 heavy (non-hydrogen) atoms. The first kappa shape index (κ1) is 16.7. The lowest BCUT2D eigenvalue weighted by Gasteiger charge is -2.30. The van der Waals surface area contributed by atoms with Crippen molar-refractivity contribution in [2.75, 3.05) is 13.6 Å². The van der Waals surface area contributed by atoms with Gasteiger partial charge >= 0.3 is 12.0 Å². The van der Waals surface area contributed by atoms with Crippen molar-refractivity contribution < 1.29 is 14.7 Å². The lowest BCUT2D eigenvalue weighted by molar-refractivity contribution is -0.142. The van der Waals surface area contributed by atoms with Gasteiger partial charge in [0.05, 0.1) is 0 Å². The highest BCUT2D eigenvalue weighted by molar-refractivity contribution is 5.83. The van der Waals surface area contributed by atoms with E-state index < -0.39 is 17.4 Å². The first-order valence-electron chi connectivity index (χ1n) is 6.34. The minimum Gasteiger partial charge on any atom is -0.480 e. The molecule has 0 saturated carbocycles. The molecule has 2 amide bonds. The molecule has 1 unspecified atom stereocenters. The van der Waals surface area contributed by atoms with Crippen molar-refractivity contribution in [3.05, 3.63) is 0 Å². The van der Waals surface area contributed by atoms with Gasteiger partial charge in [-0.05, 0) is 11.3 Å². The summed E-state index contributed by atoms with van der Waals surface area (Å²) in [5, 5.41) is 11.7. The molecule has 0 aliphatic carbocycles. The fourth-order valence-electron chi connectivity index (χ4n) is 1.56. The molecule has 0 aliphatic rings. The molecule has 0 aromatic heterocycles. The predicted molar refractivity (Wildman–Crippen MR) is 71.5 cm³/mol. The molecule has 2 atom stereocenters. The quantitative estimate of drug-likeness (QED) is 0.794. The van der Waals surface area contributed by atoms with Crippen LogP contribution in [0.5, 0.6) is 0 Å². The van der Waals surface area contributed by atoms with Crippen molar-refractivity contribution in [3.63, 3.8) is 0 Å². The highest BCUT2D eigenvalue weighted by Crippen LogP contribution is 2.19. The minimum atomic E-state index is -1.01. The Bertz CT molecular complexity index is 297. The van der Waals surface area contributed by atoms with E-state index in [1.807, 2.05) is 0 Å². The van der Waals surface area contributed by atoms with Gasteiger partial charge in [-0.25, -0.2) is 9.59 Å². The average Bonchev–Trinajstić information content (AvgIpc) is 2.22. The van der Waals surface area contributed by atoms with Gasteiger partial charge in [0.25, 0.3) is 0 Å². The second kappa shape index (κ2) is 6.61. The maximum atomic E-state index is 11.9. The van der Waals surface area contributed by atoms with Gasteiger partial charge in [-0.2, -0.15) is 0 Å². The number of carbonyl (C=O) groups is 2. The van der Waals surface area contributed by atoms with Crippen LogP contribution in [0.25, 0.3) is 0 Å². The molecule has 0 heterocycles. The van der Waals surface area contributed by atoms with E-state index >= 15 is 0 Å². The zero-order valence-corrected chi connectivity index (χ0v) is 12.3. The fraction of sp³-hybridized carbons (Fsp3) is 0.846. The van der Waals surface area contributed by atoms with E-state index in [1.165, 1.54) is 4.90 Å². The van der Waals surface area contributed by atoms with E-state index in [0.717, 1.165) is 6.42 Å². The molecule has 0 fully saturated rings. The zero-order valence-electron chi connectivity index (χ0n) is 12.3. The van der Waals surface area contributed by atoms with Gasteiger partial charge in [0.1, 0.15) is 6.04 Å². The maximum Gasteiger partial charge on any atom is 0.326 e. The number of hydrogen-bond acceptors (Lipinski definition) is 2. The zero-order chi connectivity index (χ0) is 14.5. The monoisotopic (exact) mass is 258 g/mol. The van der Waals surface area contributed by atoms with Crippen LogP contribution >= 0.6 is 0 Å². The van der Waals surface area contributed by atoms with Crippen LogP contribution < -0.4 is 5.32 Å². The Labute approximate surface area is 110 Å². The summed E-state index contributed by atoms with van der Waals surface area (Å²) in [7, 11) is 1.68. The highest BCUT2D eigenvalue weighted by atomic mass is 16.4. The van der Waals surface area contributed by atoms with Gasteiger partial charge in [-0.1, -0.05) is 41.0 Å². The topological polar surface area (TPSA) is 69.6 Å². The Balaban J connectivity index is 4.57. The third kappa shape index (κ3) is 5.38. The molecule has 0 aromatic rings. The number of nitrogens with zero attached hydrogens (tertiary/aromatic N) is 1. The number of carboxylic acid groups (broad SMARTS) is 1. The molecule has 0 aliphatic heterocycles. The Hall–Kier alpha value is -1.26. The number of carbonyl (C=O) groups excluding carboxylic acids is 1. The molecule has 0 aromatic carbocycles. The van der Waals surface area contributed by atoms with Crippen molar-refractivity contribution in [2.45, 2.75) is 47.1 Å². The lowest BCUT2D eigenvalue weighted by Crippen LogP contribution is -2.53. The molecule has 0 spiro atoms. The number of carboxylic acids is 1. The maximum absolute atomic E-state index is 11.9. The standard InChI is InChI=1S/C13H26N2O3/c1-7-9(2)8-15(6)12(18)14-10(11(16)17)13(3,4)5/h9-10H,7-8H2,1-6H3,(H,14,18)(H,16,17)/t9?,10-/m0/s1. The fourth-order valence-corrected chi connectivity index (χ4v) is 1.56. The van der Waals surface area contributed by atoms with Crippen LogP contribution in [0, 0.1) is 11.3 Å². The van der Waals surface area contributed by atoms with Gasteiger partial charge in [0, 0.05) is 13.6 Å². The lowest BCUT2D eigenvalue weighted by atomic mass is 9.87. The minimum absolute atomic E-state index is 0.336. The summed E-state index contributed by atoms with van der Waals surface area (Å²) in [6, 6.07) is -1.22. The first-order chi connectivity index (χ1) is 8.09. The highest BCUT2D eigenvalue weighted by Gasteiger charge is 2.33. The Morgan fingerprint density at radius 3 is 2.17 bits per heavy atom. The van der Waals surface area contributed by atoms with Crippen LogP contribution in [0.2, 0.25) is 0 Å². The SMILES string of the molecule is CCC(C)CN(C)C(=O)N[C@@H](C(=O)O)C(C)(C)C. The molecule has 5 nitrogen and oxygen atoms in total. The predicted octanol–water partition coefficient (Wildman–Crippen LogP) is 2.17. The summed E-state index contributed by atoms with van der Waals surface area (Å²) < 4.78 is 0. The molecule has 0 saturated heterocycles. The van der Waals surface area contributed by atoms with Crippen LogP contribution in [-0.4, -0.2) is 41.6 Å². The van der Waals surface area contributed by atoms with Crippen molar-refractivity contribution in [2.24, 2.45) is 11.3 Å². The van der Waals surface area contributed by atoms with Crippen molar-refractivity contribution in [1.29, 1.82) is 0 Å². The van der Waals surface area contributed by atoms with E-state index in [2.05, 4.69) is 19.2 Å². The van der Waals surface area contributed by atoms with Gasteiger partial charge in [-0.15, -0.1) is 0 Å². The molecule has 0 rings (SSSR count).